The highest BCUT2D eigenvalue weighted by Crippen LogP contribution is 2.29. The summed E-state index contributed by atoms with van der Waals surface area (Å²) in [5.41, 5.74) is 1.49. The second-order valence-corrected chi connectivity index (χ2v) is 9.42. The van der Waals surface area contributed by atoms with Gasteiger partial charge in [-0.25, -0.2) is 4.39 Å². The van der Waals surface area contributed by atoms with Gasteiger partial charge in [0.2, 0.25) is 5.91 Å². The minimum atomic E-state index is -0.781. The zero-order chi connectivity index (χ0) is 23.8. The number of hydrogen-bond donors (Lipinski definition) is 1. The summed E-state index contributed by atoms with van der Waals surface area (Å²) in [7, 11) is 0. The lowest BCUT2D eigenvalue weighted by Gasteiger charge is -2.29. The number of halogens is 2. The second-order valence-electron chi connectivity index (χ2n) is 8.56. The molecule has 174 valence electrons. The van der Waals surface area contributed by atoms with Crippen LogP contribution in [0.15, 0.2) is 46.9 Å². The molecule has 0 spiro atoms. The monoisotopic (exact) mass is 506 g/mol. The largest absolute Gasteiger partial charge is 0.483 e. The van der Waals surface area contributed by atoms with Gasteiger partial charge in [-0.15, -0.1) is 0 Å². The number of carbonyl (C=O) groups excluding carboxylic acids is 2. The maximum absolute atomic E-state index is 14.3. The molecule has 0 saturated carbocycles. The number of carbonyl (C=O) groups is 2. The van der Waals surface area contributed by atoms with Crippen LogP contribution in [0.4, 0.5) is 4.39 Å². The Morgan fingerprint density at radius 3 is 2.38 bits per heavy atom. The van der Waals surface area contributed by atoms with Crippen LogP contribution in [0.25, 0.3) is 0 Å². The predicted molar refractivity (Wildman–Crippen MR) is 128 cm³/mol. The zero-order valence-corrected chi connectivity index (χ0v) is 20.9. The van der Waals surface area contributed by atoms with Crippen LogP contribution in [0.5, 0.6) is 5.75 Å². The van der Waals surface area contributed by atoms with E-state index in [9.17, 15) is 14.0 Å². The van der Waals surface area contributed by atoms with Crippen molar-refractivity contribution >= 4 is 27.7 Å². The number of nitrogens with zero attached hydrogens (tertiary/aromatic N) is 1. The van der Waals surface area contributed by atoms with E-state index in [0.717, 1.165) is 10.0 Å². The number of ether oxygens (including phenoxy) is 1. The molecule has 0 radical (unpaired) electrons. The molecule has 0 aliphatic heterocycles. The van der Waals surface area contributed by atoms with Crippen molar-refractivity contribution in [1.29, 1.82) is 0 Å². The standard InChI is InChI=1S/C25H32BrFN2O3/c1-16(2)13-28-25(31)18(5)29(14-20-8-6-7-9-22(20)27)24(30)15-32-23-11-10-19(17(3)4)12-21(23)26/h6-12,16-18H,13-15H2,1-5H3,(H,28,31). The Balaban J connectivity index is 2.17. The molecule has 2 rings (SSSR count). The highest BCUT2D eigenvalue weighted by atomic mass is 79.9. The van der Waals surface area contributed by atoms with Crippen LogP contribution in [0, 0.1) is 11.7 Å². The van der Waals surface area contributed by atoms with E-state index in [1.54, 1.807) is 25.1 Å². The van der Waals surface area contributed by atoms with Crippen LogP contribution in [0.3, 0.4) is 0 Å². The van der Waals surface area contributed by atoms with Gasteiger partial charge >= 0.3 is 0 Å². The summed E-state index contributed by atoms with van der Waals surface area (Å²) >= 11 is 3.49. The molecule has 2 amide bonds. The highest BCUT2D eigenvalue weighted by molar-refractivity contribution is 9.10. The summed E-state index contributed by atoms with van der Waals surface area (Å²) in [6, 6.07) is 11.2. The van der Waals surface area contributed by atoms with Gasteiger partial charge in [0.1, 0.15) is 17.6 Å². The minimum absolute atomic E-state index is 0.0292. The van der Waals surface area contributed by atoms with Gasteiger partial charge in [-0.2, -0.15) is 0 Å². The smallest absolute Gasteiger partial charge is 0.261 e. The van der Waals surface area contributed by atoms with Gasteiger partial charge in [0.25, 0.3) is 5.91 Å². The molecule has 1 atom stereocenters. The van der Waals surface area contributed by atoms with Crippen molar-refractivity contribution in [3.63, 3.8) is 0 Å². The normalized spacial score (nSPS) is 12.0. The van der Waals surface area contributed by atoms with E-state index >= 15 is 0 Å². The Hall–Kier alpha value is -2.41. The first-order chi connectivity index (χ1) is 15.1. The third-order valence-electron chi connectivity index (χ3n) is 5.12. The average Bonchev–Trinajstić information content (AvgIpc) is 2.75. The SMILES string of the molecule is CC(C)CNC(=O)C(C)N(Cc1ccccc1F)C(=O)COc1ccc(C(C)C)cc1Br. The molecule has 32 heavy (non-hydrogen) atoms. The number of benzene rings is 2. The van der Waals surface area contributed by atoms with Crippen molar-refractivity contribution in [3.05, 3.63) is 63.9 Å². The first-order valence-corrected chi connectivity index (χ1v) is 11.6. The van der Waals surface area contributed by atoms with Crippen molar-refractivity contribution in [1.82, 2.24) is 10.2 Å². The van der Waals surface area contributed by atoms with Crippen molar-refractivity contribution in [2.45, 2.75) is 53.1 Å². The fourth-order valence-electron chi connectivity index (χ4n) is 3.06. The summed E-state index contributed by atoms with van der Waals surface area (Å²) in [6.45, 7) is 10.0. The van der Waals surface area contributed by atoms with Crippen LogP contribution in [0.2, 0.25) is 0 Å². The topological polar surface area (TPSA) is 58.6 Å². The summed E-state index contributed by atoms with van der Waals surface area (Å²) < 4.78 is 20.8. The molecule has 5 nitrogen and oxygen atoms in total. The van der Waals surface area contributed by atoms with Crippen LogP contribution in [-0.4, -0.2) is 35.9 Å². The molecule has 0 aliphatic rings. The number of nitrogens with one attached hydrogen (secondary N) is 1. The molecule has 1 N–H and O–H groups in total. The fourth-order valence-corrected chi connectivity index (χ4v) is 3.57. The van der Waals surface area contributed by atoms with E-state index in [2.05, 4.69) is 35.1 Å². The van der Waals surface area contributed by atoms with E-state index in [1.165, 1.54) is 11.0 Å². The van der Waals surface area contributed by atoms with E-state index in [4.69, 9.17) is 4.74 Å². The number of amides is 2. The van der Waals surface area contributed by atoms with E-state index in [1.807, 2.05) is 32.0 Å². The van der Waals surface area contributed by atoms with Gasteiger partial charge in [0.15, 0.2) is 6.61 Å². The van der Waals surface area contributed by atoms with Crippen LogP contribution in [-0.2, 0) is 16.1 Å². The van der Waals surface area contributed by atoms with Gasteiger partial charge in [0, 0.05) is 18.7 Å². The van der Waals surface area contributed by atoms with Gasteiger partial charge < -0.3 is 15.0 Å². The van der Waals surface area contributed by atoms with Crippen LogP contribution < -0.4 is 10.1 Å². The predicted octanol–water partition coefficient (Wildman–Crippen LogP) is 5.28. The van der Waals surface area contributed by atoms with E-state index in [-0.39, 0.29) is 25.0 Å². The van der Waals surface area contributed by atoms with Gasteiger partial charge in [0.05, 0.1) is 4.47 Å². The molecule has 0 heterocycles. The third-order valence-corrected chi connectivity index (χ3v) is 5.74. The lowest BCUT2D eigenvalue weighted by Crippen LogP contribution is -2.49. The molecule has 2 aromatic rings. The second kappa shape index (κ2) is 12.0. The van der Waals surface area contributed by atoms with Crippen LogP contribution >= 0.6 is 15.9 Å². The Kier molecular flexibility index (Phi) is 9.69. The Morgan fingerprint density at radius 2 is 1.78 bits per heavy atom. The van der Waals surface area contributed by atoms with E-state index < -0.39 is 17.8 Å². The molecule has 0 fully saturated rings. The summed E-state index contributed by atoms with van der Waals surface area (Å²) in [5.74, 6) is 0.0597. The summed E-state index contributed by atoms with van der Waals surface area (Å²) in [4.78, 5) is 27.1. The molecule has 1 unspecified atom stereocenters. The summed E-state index contributed by atoms with van der Waals surface area (Å²) in [6.07, 6.45) is 0. The van der Waals surface area contributed by atoms with Gasteiger partial charge in [-0.3, -0.25) is 9.59 Å². The van der Waals surface area contributed by atoms with Crippen molar-refractivity contribution in [2.75, 3.05) is 13.2 Å². The maximum atomic E-state index is 14.3. The molecule has 7 heteroatoms. The molecule has 0 aliphatic carbocycles. The van der Waals surface area contributed by atoms with Gasteiger partial charge in [-0.1, -0.05) is 52.0 Å². The van der Waals surface area contributed by atoms with Crippen LogP contribution in [0.1, 0.15) is 51.7 Å². The quantitative estimate of drug-likeness (QED) is 0.476. The fraction of sp³-hybridized carbons (Fsp3) is 0.440. The number of rotatable bonds is 10. The lowest BCUT2D eigenvalue weighted by atomic mass is 10.0. The number of hydrogen-bond acceptors (Lipinski definition) is 3. The zero-order valence-electron chi connectivity index (χ0n) is 19.3. The molecule has 0 bridgehead atoms. The Bertz CT molecular complexity index is 933. The maximum Gasteiger partial charge on any atom is 0.261 e. The highest BCUT2D eigenvalue weighted by Gasteiger charge is 2.27. The minimum Gasteiger partial charge on any atom is -0.483 e. The lowest BCUT2D eigenvalue weighted by molar-refractivity contribution is -0.142. The molecule has 2 aromatic carbocycles. The molecule has 0 saturated heterocycles. The van der Waals surface area contributed by atoms with Crippen molar-refractivity contribution in [3.8, 4) is 5.75 Å². The Labute approximate surface area is 198 Å². The molecular weight excluding hydrogens is 475 g/mol. The van der Waals surface area contributed by atoms with Crippen molar-refractivity contribution < 1.29 is 18.7 Å². The van der Waals surface area contributed by atoms with E-state index in [0.29, 0.717) is 23.8 Å². The summed E-state index contributed by atoms with van der Waals surface area (Å²) in [5, 5.41) is 2.84. The first kappa shape index (κ1) is 25.8. The molecule has 0 aromatic heterocycles. The Morgan fingerprint density at radius 1 is 1.09 bits per heavy atom. The molecular formula is C25H32BrFN2O3. The first-order valence-electron chi connectivity index (χ1n) is 10.8. The van der Waals surface area contributed by atoms with Gasteiger partial charge in [-0.05, 0) is 58.5 Å². The average molecular weight is 507 g/mol. The third kappa shape index (κ3) is 7.33. The van der Waals surface area contributed by atoms with Crippen molar-refractivity contribution in [2.24, 2.45) is 5.92 Å².